The van der Waals surface area contributed by atoms with Gasteiger partial charge in [0.2, 0.25) is 5.91 Å². The third-order valence-electron chi connectivity index (χ3n) is 8.25. The van der Waals surface area contributed by atoms with Crippen LogP contribution in [0.25, 0.3) is 0 Å². The Labute approximate surface area is 186 Å². The van der Waals surface area contributed by atoms with Gasteiger partial charge < -0.3 is 19.2 Å². The molecule has 0 unspecified atom stereocenters. The zero-order valence-corrected chi connectivity index (χ0v) is 21.9. The number of fused-ring (bicyclic) bond motifs is 1. The minimum absolute atomic E-state index is 0.114. The summed E-state index contributed by atoms with van der Waals surface area (Å²) >= 11 is 0. The number of rotatable bonds is 9. The quantitative estimate of drug-likeness (QED) is 0.379. The highest BCUT2D eigenvalue weighted by Gasteiger charge is 2.52. The van der Waals surface area contributed by atoms with Gasteiger partial charge in [0.1, 0.15) is 0 Å². The van der Waals surface area contributed by atoms with Crippen molar-refractivity contribution in [1.29, 1.82) is 0 Å². The Morgan fingerprint density at radius 2 is 1.60 bits per heavy atom. The summed E-state index contributed by atoms with van der Waals surface area (Å²) in [7, 11) is 1.56. The molecule has 0 radical (unpaired) electrons. The van der Waals surface area contributed by atoms with Crippen LogP contribution < -0.4 is 5.32 Å². The normalized spacial score (nSPS) is 29.8. The van der Waals surface area contributed by atoms with E-state index in [4.69, 9.17) is 13.9 Å². The Balaban J connectivity index is 2.28. The van der Waals surface area contributed by atoms with Crippen molar-refractivity contribution in [1.82, 2.24) is 5.32 Å². The number of methoxy groups -OCH3 is 2. The van der Waals surface area contributed by atoms with Crippen LogP contribution in [-0.2, 0) is 18.7 Å². The zero-order valence-electron chi connectivity index (χ0n) is 20.9. The van der Waals surface area contributed by atoms with Crippen molar-refractivity contribution >= 4 is 14.2 Å². The Kier molecular flexibility index (Phi) is 9.00. The topological polar surface area (TPSA) is 56.8 Å². The molecule has 0 spiro atoms. The third kappa shape index (κ3) is 4.82. The van der Waals surface area contributed by atoms with Crippen LogP contribution in [0.15, 0.2) is 0 Å². The SMILES string of the molecule is CC[C@H]1C[C@@H](CO[Si](C(C)C)(C(C)C)C(C)C)C[C@@H]2[C@H]1NC(=O)CCC2(OC)OC. The fourth-order valence-corrected chi connectivity index (χ4v) is 12.3. The molecule has 176 valence electrons. The van der Waals surface area contributed by atoms with E-state index in [0.29, 0.717) is 41.3 Å². The lowest BCUT2D eigenvalue weighted by Gasteiger charge is -2.49. The maximum absolute atomic E-state index is 12.4. The molecule has 1 saturated carbocycles. The van der Waals surface area contributed by atoms with Crippen LogP contribution in [0.3, 0.4) is 0 Å². The average molecular weight is 442 g/mol. The fourth-order valence-electron chi connectivity index (χ4n) is 6.82. The maximum Gasteiger partial charge on any atom is 0.220 e. The van der Waals surface area contributed by atoms with Crippen LogP contribution in [0.4, 0.5) is 0 Å². The van der Waals surface area contributed by atoms with E-state index in [1.807, 2.05) is 0 Å². The molecule has 0 bridgehead atoms. The van der Waals surface area contributed by atoms with E-state index < -0.39 is 14.1 Å². The minimum atomic E-state index is -1.89. The van der Waals surface area contributed by atoms with Crippen LogP contribution in [-0.4, -0.2) is 46.9 Å². The summed E-state index contributed by atoms with van der Waals surface area (Å²) in [5.41, 5.74) is 1.76. The number of ether oxygens (including phenoxy) is 2. The molecule has 1 aliphatic carbocycles. The van der Waals surface area contributed by atoms with Crippen LogP contribution >= 0.6 is 0 Å². The van der Waals surface area contributed by atoms with E-state index >= 15 is 0 Å². The Hall–Kier alpha value is -0.433. The number of carbonyl (C=O) groups is 1. The highest BCUT2D eigenvalue weighted by atomic mass is 28.4. The molecule has 6 heteroatoms. The van der Waals surface area contributed by atoms with Gasteiger partial charge in [-0.2, -0.15) is 0 Å². The molecule has 5 nitrogen and oxygen atoms in total. The zero-order chi connectivity index (χ0) is 22.7. The smallest absolute Gasteiger partial charge is 0.220 e. The van der Waals surface area contributed by atoms with Crippen molar-refractivity contribution < 1.29 is 18.7 Å². The lowest BCUT2D eigenvalue weighted by Crippen LogP contribution is -2.57. The molecule has 30 heavy (non-hydrogen) atoms. The van der Waals surface area contributed by atoms with Gasteiger partial charge in [-0.25, -0.2) is 0 Å². The van der Waals surface area contributed by atoms with Crippen LogP contribution in [0.1, 0.15) is 80.6 Å². The summed E-state index contributed by atoms with van der Waals surface area (Å²) in [5, 5.41) is 3.32. The predicted octanol–water partition coefficient (Wildman–Crippen LogP) is 5.50. The summed E-state index contributed by atoms with van der Waals surface area (Å²) in [5.74, 6) is 0.481. The van der Waals surface area contributed by atoms with E-state index in [9.17, 15) is 4.79 Å². The van der Waals surface area contributed by atoms with Crippen LogP contribution in [0.5, 0.6) is 0 Å². The van der Waals surface area contributed by atoms with E-state index in [1.165, 1.54) is 0 Å². The predicted molar refractivity (Wildman–Crippen MR) is 125 cm³/mol. The first-order valence-electron chi connectivity index (χ1n) is 12.1. The fraction of sp³-hybridized carbons (Fsp3) is 0.958. The summed E-state index contributed by atoms with van der Waals surface area (Å²) < 4.78 is 18.9. The van der Waals surface area contributed by atoms with Crippen LogP contribution in [0, 0.1) is 17.8 Å². The average Bonchev–Trinajstić information content (AvgIpc) is 2.83. The second-order valence-electron chi connectivity index (χ2n) is 10.6. The van der Waals surface area contributed by atoms with Crippen LogP contribution in [0.2, 0.25) is 16.6 Å². The molecule has 1 N–H and O–H groups in total. The first kappa shape index (κ1) is 25.8. The highest BCUT2D eigenvalue weighted by molar-refractivity contribution is 6.77. The van der Waals surface area contributed by atoms with Gasteiger partial charge in [0.15, 0.2) is 14.1 Å². The highest BCUT2D eigenvalue weighted by Crippen LogP contribution is 2.47. The van der Waals surface area contributed by atoms with Crippen molar-refractivity contribution in [3.63, 3.8) is 0 Å². The molecule has 1 saturated heterocycles. The van der Waals surface area contributed by atoms with Gasteiger partial charge in [-0.1, -0.05) is 54.9 Å². The number of amides is 1. The van der Waals surface area contributed by atoms with Gasteiger partial charge in [0.05, 0.1) is 0 Å². The molecule has 2 aliphatic rings. The summed E-state index contributed by atoms with van der Waals surface area (Å²) in [4.78, 5) is 12.4. The molecule has 1 aliphatic heterocycles. The van der Waals surface area contributed by atoms with Crippen molar-refractivity contribution in [3.05, 3.63) is 0 Å². The number of nitrogens with one attached hydrogen (secondary N) is 1. The molecular weight excluding hydrogens is 394 g/mol. The monoisotopic (exact) mass is 441 g/mol. The standard InChI is InChI=1S/C24H47NO4Si/c1-10-20-13-19(15-29-30(16(2)3,17(4)5)18(6)7)14-21-23(20)25-22(26)11-12-24(21,27-8)28-9/h16-21,23H,10-15H2,1-9H3,(H,25,26)/t19-,20+,21-,23+/m1/s1. The van der Waals surface area contributed by atoms with Gasteiger partial charge in [0.25, 0.3) is 0 Å². The van der Waals surface area contributed by atoms with Crippen molar-refractivity contribution in [2.24, 2.45) is 17.8 Å². The van der Waals surface area contributed by atoms with Gasteiger partial charge >= 0.3 is 0 Å². The summed E-state index contributed by atoms with van der Waals surface area (Å²) in [6.07, 6.45) is 4.18. The van der Waals surface area contributed by atoms with E-state index in [1.54, 1.807) is 14.2 Å². The second-order valence-corrected chi connectivity index (χ2v) is 16.0. The number of hydrogen-bond acceptors (Lipinski definition) is 4. The molecule has 1 amide bonds. The molecular formula is C24H47NO4Si. The molecule has 2 fully saturated rings. The Morgan fingerprint density at radius 1 is 1.03 bits per heavy atom. The Bertz CT molecular complexity index is 540. The summed E-state index contributed by atoms with van der Waals surface area (Å²) in [6.45, 7) is 17.1. The molecule has 1 heterocycles. The molecule has 4 atom stereocenters. The largest absolute Gasteiger partial charge is 0.416 e. The van der Waals surface area contributed by atoms with Crippen molar-refractivity contribution in [2.45, 2.75) is 109 Å². The van der Waals surface area contributed by atoms with Gasteiger partial charge in [0, 0.05) is 45.6 Å². The lowest BCUT2D eigenvalue weighted by atomic mass is 9.67. The molecule has 2 rings (SSSR count). The van der Waals surface area contributed by atoms with Gasteiger partial charge in [-0.15, -0.1) is 0 Å². The third-order valence-corrected chi connectivity index (χ3v) is 14.3. The van der Waals surface area contributed by atoms with Crippen molar-refractivity contribution in [2.75, 3.05) is 20.8 Å². The van der Waals surface area contributed by atoms with E-state index in [0.717, 1.165) is 25.9 Å². The lowest BCUT2D eigenvalue weighted by molar-refractivity contribution is -0.256. The first-order chi connectivity index (χ1) is 14.1. The number of hydrogen-bond donors (Lipinski definition) is 1. The van der Waals surface area contributed by atoms with Crippen molar-refractivity contribution in [3.8, 4) is 0 Å². The summed E-state index contributed by atoms with van der Waals surface area (Å²) in [6, 6.07) is 0.114. The van der Waals surface area contributed by atoms with E-state index in [2.05, 4.69) is 53.8 Å². The maximum atomic E-state index is 12.4. The minimum Gasteiger partial charge on any atom is -0.416 e. The number of carbonyl (C=O) groups excluding carboxylic acids is 1. The molecule has 0 aromatic rings. The Morgan fingerprint density at radius 3 is 2.07 bits per heavy atom. The van der Waals surface area contributed by atoms with Gasteiger partial charge in [-0.3, -0.25) is 4.79 Å². The van der Waals surface area contributed by atoms with E-state index in [-0.39, 0.29) is 17.9 Å². The second kappa shape index (κ2) is 10.5. The van der Waals surface area contributed by atoms with Gasteiger partial charge in [-0.05, 0) is 41.3 Å². The molecule has 0 aromatic carbocycles. The molecule has 0 aromatic heterocycles. The first-order valence-corrected chi connectivity index (χ1v) is 14.2.